The number of carbonyl (C=O) groups is 2. The van der Waals surface area contributed by atoms with E-state index >= 15 is 0 Å². The smallest absolute Gasteiger partial charge is 0.409 e. The van der Waals surface area contributed by atoms with Crippen LogP contribution in [0.4, 0.5) is 10.6 Å². The van der Waals surface area contributed by atoms with Gasteiger partial charge in [0.1, 0.15) is 17.3 Å². The van der Waals surface area contributed by atoms with Crippen LogP contribution in [0.2, 0.25) is 0 Å². The van der Waals surface area contributed by atoms with Crippen molar-refractivity contribution in [1.82, 2.24) is 19.8 Å². The normalized spacial score (nSPS) is 18.1. The largest absolute Gasteiger partial charge is 0.450 e. The third kappa shape index (κ3) is 4.42. The molecule has 2 amide bonds. The zero-order chi connectivity index (χ0) is 18.5. The van der Waals surface area contributed by atoms with Crippen molar-refractivity contribution in [2.75, 3.05) is 38.1 Å². The molecule has 0 spiro atoms. The van der Waals surface area contributed by atoms with Gasteiger partial charge in [0, 0.05) is 38.3 Å². The lowest BCUT2D eigenvalue weighted by Crippen LogP contribution is -2.42. The van der Waals surface area contributed by atoms with E-state index < -0.39 is 0 Å². The van der Waals surface area contributed by atoms with Crippen LogP contribution in [-0.4, -0.2) is 70.6 Å². The van der Waals surface area contributed by atoms with E-state index in [-0.39, 0.29) is 18.0 Å². The molecule has 0 unspecified atom stereocenters. The molecule has 3 heterocycles. The number of amides is 2. The van der Waals surface area contributed by atoms with Gasteiger partial charge < -0.3 is 19.9 Å². The number of piperidine rings is 1. The van der Waals surface area contributed by atoms with Crippen molar-refractivity contribution < 1.29 is 14.3 Å². The monoisotopic (exact) mass is 361 g/mol. The second-order valence-electron chi connectivity index (χ2n) is 6.79. The summed E-state index contributed by atoms with van der Waals surface area (Å²) in [6, 6.07) is 1.95. The Morgan fingerprint density at radius 2 is 1.85 bits per heavy atom. The van der Waals surface area contributed by atoms with E-state index in [1.165, 1.54) is 0 Å². The van der Waals surface area contributed by atoms with Crippen molar-refractivity contribution in [3.05, 3.63) is 17.6 Å². The lowest BCUT2D eigenvalue weighted by atomic mass is 10.1. The molecule has 26 heavy (non-hydrogen) atoms. The summed E-state index contributed by atoms with van der Waals surface area (Å²) < 4.78 is 5.05. The Morgan fingerprint density at radius 3 is 2.50 bits per heavy atom. The maximum absolute atomic E-state index is 12.6. The lowest BCUT2D eigenvalue weighted by molar-refractivity contribution is 0.0786. The lowest BCUT2D eigenvalue weighted by Gasteiger charge is -2.31. The fourth-order valence-corrected chi connectivity index (χ4v) is 3.46. The number of carbonyl (C=O) groups excluding carboxylic acids is 2. The molecule has 0 atom stereocenters. The van der Waals surface area contributed by atoms with Crippen molar-refractivity contribution in [3.8, 4) is 0 Å². The Kier molecular flexibility index (Phi) is 5.90. The molecule has 0 saturated carbocycles. The quantitative estimate of drug-likeness (QED) is 0.883. The maximum Gasteiger partial charge on any atom is 0.409 e. The molecule has 142 valence electrons. The van der Waals surface area contributed by atoms with Crippen LogP contribution in [0.25, 0.3) is 0 Å². The minimum atomic E-state index is -0.248. The average Bonchev–Trinajstić information content (AvgIpc) is 3.16. The van der Waals surface area contributed by atoms with Gasteiger partial charge in [-0.25, -0.2) is 14.8 Å². The first-order valence-electron chi connectivity index (χ1n) is 9.40. The van der Waals surface area contributed by atoms with Crippen LogP contribution in [0.5, 0.6) is 0 Å². The van der Waals surface area contributed by atoms with E-state index in [1.807, 2.05) is 11.8 Å². The molecule has 0 aliphatic carbocycles. The van der Waals surface area contributed by atoms with Crippen LogP contribution in [-0.2, 0) is 4.74 Å². The number of likely N-dealkylation sites (tertiary alicyclic amines) is 2. The molecule has 2 fully saturated rings. The van der Waals surface area contributed by atoms with Gasteiger partial charge >= 0.3 is 6.09 Å². The number of hydrogen-bond acceptors (Lipinski definition) is 6. The van der Waals surface area contributed by atoms with E-state index in [9.17, 15) is 9.59 Å². The fraction of sp³-hybridized carbons (Fsp3) is 0.667. The van der Waals surface area contributed by atoms with Gasteiger partial charge in [-0.1, -0.05) is 0 Å². The molecule has 0 bridgehead atoms. The van der Waals surface area contributed by atoms with Crippen LogP contribution < -0.4 is 5.32 Å². The summed E-state index contributed by atoms with van der Waals surface area (Å²) in [4.78, 5) is 36.7. The van der Waals surface area contributed by atoms with E-state index in [0.29, 0.717) is 37.0 Å². The molecule has 2 aliphatic heterocycles. The van der Waals surface area contributed by atoms with Crippen molar-refractivity contribution in [1.29, 1.82) is 0 Å². The minimum absolute atomic E-state index is 0.0202. The Balaban J connectivity index is 1.60. The standard InChI is InChI=1S/C18H27N5O3/c1-3-26-18(25)23-10-6-14(7-11-23)21-16-12-15(19-13(2)20-16)17(24)22-8-4-5-9-22/h12,14H,3-11H2,1-2H3,(H,19,20,21). The summed E-state index contributed by atoms with van der Waals surface area (Å²) >= 11 is 0. The van der Waals surface area contributed by atoms with Crippen LogP contribution in [0.15, 0.2) is 6.07 Å². The molecule has 1 aromatic heterocycles. The Hall–Kier alpha value is -2.38. The average molecular weight is 361 g/mol. The van der Waals surface area contributed by atoms with Gasteiger partial charge in [0.25, 0.3) is 5.91 Å². The second kappa shape index (κ2) is 8.33. The first-order valence-corrected chi connectivity index (χ1v) is 9.40. The van der Waals surface area contributed by atoms with Gasteiger partial charge in [0.2, 0.25) is 0 Å². The highest BCUT2D eigenvalue weighted by atomic mass is 16.6. The van der Waals surface area contributed by atoms with E-state index in [2.05, 4.69) is 15.3 Å². The molecule has 0 aromatic carbocycles. The molecular formula is C18H27N5O3. The van der Waals surface area contributed by atoms with Crippen LogP contribution in [0.1, 0.15) is 48.9 Å². The molecule has 2 saturated heterocycles. The van der Waals surface area contributed by atoms with Gasteiger partial charge in [-0.15, -0.1) is 0 Å². The van der Waals surface area contributed by atoms with Crippen LogP contribution in [0.3, 0.4) is 0 Å². The Bertz CT molecular complexity index is 652. The highest BCUT2D eigenvalue weighted by molar-refractivity contribution is 5.93. The molecule has 0 radical (unpaired) electrons. The molecule has 8 heteroatoms. The maximum atomic E-state index is 12.6. The molecule has 8 nitrogen and oxygen atoms in total. The topological polar surface area (TPSA) is 87.7 Å². The first-order chi connectivity index (χ1) is 12.6. The third-order valence-corrected chi connectivity index (χ3v) is 4.82. The molecule has 2 aliphatic rings. The second-order valence-corrected chi connectivity index (χ2v) is 6.79. The molecule has 3 rings (SSSR count). The number of aromatic nitrogens is 2. The van der Waals surface area contributed by atoms with Crippen molar-refractivity contribution in [2.24, 2.45) is 0 Å². The van der Waals surface area contributed by atoms with E-state index in [4.69, 9.17) is 4.74 Å². The minimum Gasteiger partial charge on any atom is -0.450 e. The predicted octanol–water partition coefficient (Wildman–Crippen LogP) is 2.05. The Morgan fingerprint density at radius 1 is 1.15 bits per heavy atom. The number of rotatable bonds is 4. The fourth-order valence-electron chi connectivity index (χ4n) is 3.46. The number of nitrogens with one attached hydrogen (secondary N) is 1. The van der Waals surface area contributed by atoms with Gasteiger partial charge in [0.15, 0.2) is 0 Å². The summed E-state index contributed by atoms with van der Waals surface area (Å²) in [5, 5.41) is 3.40. The number of nitrogens with zero attached hydrogens (tertiary/aromatic N) is 4. The molecule has 1 aromatic rings. The zero-order valence-corrected chi connectivity index (χ0v) is 15.5. The van der Waals surface area contributed by atoms with Gasteiger partial charge in [-0.05, 0) is 39.5 Å². The summed E-state index contributed by atoms with van der Waals surface area (Å²) in [7, 11) is 0. The summed E-state index contributed by atoms with van der Waals surface area (Å²) in [6.45, 7) is 6.92. The van der Waals surface area contributed by atoms with E-state index in [0.717, 1.165) is 38.8 Å². The SMILES string of the molecule is CCOC(=O)N1CCC(Nc2cc(C(=O)N3CCCC3)nc(C)n2)CC1. The predicted molar refractivity (Wildman–Crippen MR) is 97.1 cm³/mol. The summed E-state index contributed by atoms with van der Waals surface area (Å²) in [6.07, 6.45) is 3.50. The van der Waals surface area contributed by atoms with Crippen molar-refractivity contribution in [2.45, 2.75) is 45.6 Å². The van der Waals surface area contributed by atoms with E-state index in [1.54, 1.807) is 17.9 Å². The highest BCUT2D eigenvalue weighted by Crippen LogP contribution is 2.18. The number of aryl methyl sites for hydroxylation is 1. The molecule has 1 N–H and O–H groups in total. The number of hydrogen-bond donors (Lipinski definition) is 1. The highest BCUT2D eigenvalue weighted by Gasteiger charge is 2.25. The Labute approximate surface area is 153 Å². The number of ether oxygens (including phenoxy) is 1. The zero-order valence-electron chi connectivity index (χ0n) is 15.5. The summed E-state index contributed by atoms with van der Waals surface area (Å²) in [5.41, 5.74) is 0.450. The number of anilines is 1. The van der Waals surface area contributed by atoms with Crippen LogP contribution >= 0.6 is 0 Å². The van der Waals surface area contributed by atoms with Gasteiger partial charge in [0.05, 0.1) is 6.61 Å². The van der Waals surface area contributed by atoms with Gasteiger partial charge in [-0.3, -0.25) is 4.79 Å². The first kappa shape index (κ1) is 18.4. The van der Waals surface area contributed by atoms with Crippen molar-refractivity contribution >= 4 is 17.8 Å². The van der Waals surface area contributed by atoms with Gasteiger partial charge in [-0.2, -0.15) is 0 Å². The molecular weight excluding hydrogens is 334 g/mol. The summed E-state index contributed by atoms with van der Waals surface area (Å²) in [5.74, 6) is 1.24. The van der Waals surface area contributed by atoms with Crippen molar-refractivity contribution in [3.63, 3.8) is 0 Å². The van der Waals surface area contributed by atoms with Crippen LogP contribution in [0, 0.1) is 6.92 Å². The third-order valence-electron chi connectivity index (χ3n) is 4.82.